The molecule has 0 aromatic heterocycles. The number of hydrogen-bond acceptors (Lipinski definition) is 8. The number of carboxylic acid groups (broad SMARTS) is 1. The van der Waals surface area contributed by atoms with Gasteiger partial charge in [-0.1, -0.05) is 42.5 Å². The Morgan fingerprint density at radius 2 is 1.82 bits per heavy atom. The number of nitrogens with zero attached hydrogens (tertiary/aromatic N) is 2. The normalized spacial score (nSPS) is 19.1. The van der Waals surface area contributed by atoms with Gasteiger partial charge in [0.25, 0.3) is 5.69 Å². The smallest absolute Gasteiger partial charge is 0.438 e. The second-order valence-electron chi connectivity index (χ2n) is 5.90. The zero-order valence-corrected chi connectivity index (χ0v) is 14.4. The van der Waals surface area contributed by atoms with Gasteiger partial charge in [-0.15, -0.1) is 5.53 Å². The van der Waals surface area contributed by atoms with Gasteiger partial charge >= 0.3 is 12.1 Å². The summed E-state index contributed by atoms with van der Waals surface area (Å²) in [7, 11) is 0. The Kier molecular flexibility index (Phi) is 5.79. The number of non-ortho nitro benzene ring substituents is 1. The molecule has 0 radical (unpaired) electrons. The maximum atomic E-state index is 12.6. The summed E-state index contributed by atoms with van der Waals surface area (Å²) < 4.78 is 5.32. The second-order valence-corrected chi connectivity index (χ2v) is 5.90. The fraction of sp³-hybridized carbons (Fsp3) is 0.176. The van der Waals surface area contributed by atoms with E-state index in [1.165, 1.54) is 24.3 Å². The Bertz CT molecular complexity index is 860. The van der Waals surface area contributed by atoms with E-state index in [2.05, 4.69) is 16.4 Å². The predicted molar refractivity (Wildman–Crippen MR) is 95.1 cm³/mol. The lowest BCUT2D eigenvalue weighted by molar-refractivity contribution is -0.384. The molecule has 2 unspecified atom stereocenters. The van der Waals surface area contributed by atoms with Crippen LogP contribution in [0.25, 0.3) is 0 Å². The first kappa shape index (κ1) is 19.2. The van der Waals surface area contributed by atoms with E-state index in [1.54, 1.807) is 12.1 Å². The summed E-state index contributed by atoms with van der Waals surface area (Å²) in [6, 6.07) is 12.7. The molecule has 1 aliphatic heterocycles. The van der Waals surface area contributed by atoms with E-state index in [0.717, 1.165) is 5.56 Å². The van der Waals surface area contributed by atoms with Crippen molar-refractivity contribution in [1.82, 2.24) is 21.5 Å². The van der Waals surface area contributed by atoms with Gasteiger partial charge in [-0.25, -0.2) is 15.6 Å². The first-order valence-corrected chi connectivity index (χ1v) is 8.21. The molecule has 146 valence electrons. The Labute approximate surface area is 159 Å². The zero-order valence-electron chi connectivity index (χ0n) is 14.4. The van der Waals surface area contributed by atoms with Crippen LogP contribution in [0, 0.1) is 10.1 Å². The molecule has 28 heavy (non-hydrogen) atoms. The summed E-state index contributed by atoms with van der Waals surface area (Å²) in [6.07, 6.45) is -1.34. The Balaban J connectivity index is 1.77. The Morgan fingerprint density at radius 3 is 2.43 bits per heavy atom. The summed E-state index contributed by atoms with van der Waals surface area (Å²) in [4.78, 5) is 34.1. The van der Waals surface area contributed by atoms with Gasteiger partial charge in [0.2, 0.25) is 0 Å². The van der Waals surface area contributed by atoms with Crippen LogP contribution in [0.5, 0.6) is 0 Å². The number of hydrogen-bond donors (Lipinski definition) is 4. The quantitative estimate of drug-likeness (QED) is 0.338. The van der Waals surface area contributed by atoms with E-state index in [4.69, 9.17) is 9.84 Å². The van der Waals surface area contributed by atoms with E-state index in [-0.39, 0.29) is 12.3 Å². The van der Waals surface area contributed by atoms with Crippen LogP contribution in [-0.4, -0.2) is 33.3 Å². The number of esters is 1. The number of hydrazine groups is 3. The molecule has 4 N–H and O–H groups in total. The SMILES string of the molecule is O=C(OCc1ccccc1)C1NNN(C(=O)O)NC1c1ccc([N+](=O)[O-])cc1. The standard InChI is InChI=1S/C17H17N5O6/c23-16(28-10-11-4-2-1-3-5-11)15-14(19-21(17(24)25)20-18-15)12-6-8-13(9-7-12)22(26)27/h1-9,14-15,18-20H,10H2,(H,24,25). The molecule has 2 aromatic carbocycles. The Morgan fingerprint density at radius 1 is 1.14 bits per heavy atom. The van der Waals surface area contributed by atoms with Crippen molar-refractivity contribution >= 4 is 17.7 Å². The maximum absolute atomic E-state index is 12.6. The molecule has 11 nitrogen and oxygen atoms in total. The lowest BCUT2D eigenvalue weighted by Gasteiger charge is -2.37. The van der Waals surface area contributed by atoms with Gasteiger partial charge in [-0.05, 0) is 11.1 Å². The number of nitrogens with one attached hydrogen (secondary N) is 3. The minimum atomic E-state index is -1.34. The molecule has 0 saturated carbocycles. The van der Waals surface area contributed by atoms with Gasteiger partial charge in [0.05, 0.1) is 11.0 Å². The fourth-order valence-electron chi connectivity index (χ4n) is 2.65. The largest absolute Gasteiger partial charge is 0.463 e. The van der Waals surface area contributed by atoms with Gasteiger partial charge in [-0.3, -0.25) is 14.9 Å². The van der Waals surface area contributed by atoms with Crippen molar-refractivity contribution in [1.29, 1.82) is 0 Å². The first-order valence-electron chi connectivity index (χ1n) is 8.21. The zero-order chi connectivity index (χ0) is 20.1. The third kappa shape index (κ3) is 4.40. The van der Waals surface area contributed by atoms with Gasteiger partial charge < -0.3 is 9.84 Å². The summed E-state index contributed by atoms with van der Waals surface area (Å²) >= 11 is 0. The lowest BCUT2D eigenvalue weighted by Crippen LogP contribution is -2.69. The van der Waals surface area contributed by atoms with Crippen LogP contribution in [0.1, 0.15) is 17.2 Å². The van der Waals surface area contributed by atoms with Crippen molar-refractivity contribution in [3.05, 3.63) is 75.8 Å². The number of ether oxygens (including phenoxy) is 1. The number of benzene rings is 2. The van der Waals surface area contributed by atoms with Crippen molar-refractivity contribution in [2.75, 3.05) is 0 Å². The van der Waals surface area contributed by atoms with Gasteiger partial charge in [0.15, 0.2) is 0 Å². The highest BCUT2D eigenvalue weighted by molar-refractivity contribution is 5.77. The minimum absolute atomic E-state index is 0.0491. The molecule has 2 aromatic rings. The van der Waals surface area contributed by atoms with Gasteiger partial charge in [-0.2, -0.15) is 5.12 Å². The molecule has 1 aliphatic rings. The summed E-state index contributed by atoms with van der Waals surface area (Å²) in [5.41, 5.74) is 8.72. The molecule has 0 bridgehead atoms. The van der Waals surface area contributed by atoms with Crippen molar-refractivity contribution in [2.45, 2.75) is 18.7 Å². The van der Waals surface area contributed by atoms with Gasteiger partial charge in [0, 0.05) is 12.1 Å². The molecule has 2 atom stereocenters. The van der Waals surface area contributed by atoms with Crippen molar-refractivity contribution < 1.29 is 24.4 Å². The topological polar surface area (TPSA) is 146 Å². The monoisotopic (exact) mass is 387 g/mol. The fourth-order valence-corrected chi connectivity index (χ4v) is 2.65. The summed E-state index contributed by atoms with van der Waals surface area (Å²) in [5, 5.41) is 20.6. The third-order valence-corrected chi connectivity index (χ3v) is 4.07. The van der Waals surface area contributed by atoms with E-state index >= 15 is 0 Å². The number of amides is 1. The maximum Gasteiger partial charge on any atom is 0.438 e. The number of nitro benzene ring substituents is 1. The molecule has 1 fully saturated rings. The van der Waals surface area contributed by atoms with Crippen LogP contribution in [0.2, 0.25) is 0 Å². The highest BCUT2D eigenvalue weighted by Gasteiger charge is 2.37. The van der Waals surface area contributed by atoms with Crippen molar-refractivity contribution in [3.63, 3.8) is 0 Å². The van der Waals surface area contributed by atoms with Gasteiger partial charge in [0.1, 0.15) is 12.6 Å². The first-order chi connectivity index (χ1) is 13.5. The predicted octanol–water partition coefficient (Wildman–Crippen LogP) is 1.26. The van der Waals surface area contributed by atoms with Crippen molar-refractivity contribution in [3.8, 4) is 0 Å². The van der Waals surface area contributed by atoms with Crippen LogP contribution in [-0.2, 0) is 16.1 Å². The van der Waals surface area contributed by atoms with E-state index in [0.29, 0.717) is 10.7 Å². The lowest BCUT2D eigenvalue weighted by atomic mass is 9.99. The molecule has 0 spiro atoms. The highest BCUT2D eigenvalue weighted by Crippen LogP contribution is 2.23. The second kappa shape index (κ2) is 8.43. The van der Waals surface area contributed by atoms with Crippen LogP contribution in [0.3, 0.4) is 0 Å². The molecule has 11 heteroatoms. The third-order valence-electron chi connectivity index (χ3n) is 4.07. The molecule has 0 aliphatic carbocycles. The van der Waals surface area contributed by atoms with Crippen LogP contribution in [0.4, 0.5) is 10.5 Å². The average molecular weight is 387 g/mol. The minimum Gasteiger partial charge on any atom is -0.463 e. The van der Waals surface area contributed by atoms with Crippen LogP contribution in [0.15, 0.2) is 54.6 Å². The summed E-state index contributed by atoms with van der Waals surface area (Å²) in [6.45, 7) is 0.0491. The molecular weight excluding hydrogens is 370 g/mol. The number of nitro groups is 1. The van der Waals surface area contributed by atoms with E-state index in [9.17, 15) is 19.7 Å². The van der Waals surface area contributed by atoms with E-state index < -0.39 is 29.1 Å². The number of rotatable bonds is 5. The molecular formula is C17H17N5O6. The summed E-state index contributed by atoms with van der Waals surface area (Å²) in [5.74, 6) is -0.628. The number of carbonyl (C=O) groups is 2. The molecule has 3 rings (SSSR count). The number of carbonyl (C=O) groups excluding carboxylic acids is 1. The molecule has 1 saturated heterocycles. The molecule has 1 heterocycles. The highest BCUT2D eigenvalue weighted by atomic mass is 16.6. The Hall–Kier alpha value is -3.54. The van der Waals surface area contributed by atoms with Crippen molar-refractivity contribution in [2.24, 2.45) is 0 Å². The van der Waals surface area contributed by atoms with Crippen LogP contribution >= 0.6 is 0 Å². The van der Waals surface area contributed by atoms with Crippen LogP contribution < -0.4 is 16.4 Å². The average Bonchev–Trinajstić information content (AvgIpc) is 2.72. The molecule has 1 amide bonds. The van der Waals surface area contributed by atoms with E-state index in [1.807, 2.05) is 18.2 Å².